The Bertz CT molecular complexity index is 600. The van der Waals surface area contributed by atoms with Gasteiger partial charge in [0.1, 0.15) is 4.21 Å². The van der Waals surface area contributed by atoms with Gasteiger partial charge in [-0.25, -0.2) is 13.6 Å². The average molecular weight is 302 g/mol. The third-order valence-corrected chi connectivity index (χ3v) is 6.42. The summed E-state index contributed by atoms with van der Waals surface area (Å²) in [4.78, 5) is 12.1. The van der Waals surface area contributed by atoms with Crippen molar-refractivity contribution < 1.29 is 13.2 Å². The van der Waals surface area contributed by atoms with Crippen LogP contribution in [0.25, 0.3) is 0 Å². The van der Waals surface area contributed by atoms with E-state index in [1.165, 1.54) is 6.42 Å². The van der Waals surface area contributed by atoms with Crippen LogP contribution in [0.2, 0.25) is 0 Å². The summed E-state index contributed by atoms with van der Waals surface area (Å²) in [5.41, 5.74) is 1.03. The molecule has 19 heavy (non-hydrogen) atoms. The van der Waals surface area contributed by atoms with Gasteiger partial charge in [0.25, 0.3) is 5.91 Å². The quantitative estimate of drug-likeness (QED) is 0.885. The molecule has 1 aliphatic carbocycles. The van der Waals surface area contributed by atoms with Crippen LogP contribution in [-0.2, 0) is 10.0 Å². The molecule has 1 saturated carbocycles. The lowest BCUT2D eigenvalue weighted by molar-refractivity contribution is 0.0890. The first-order valence-electron chi connectivity index (χ1n) is 6.12. The van der Waals surface area contributed by atoms with Gasteiger partial charge in [-0.1, -0.05) is 13.3 Å². The second-order valence-electron chi connectivity index (χ2n) is 5.45. The Kier molecular flexibility index (Phi) is 3.72. The summed E-state index contributed by atoms with van der Waals surface area (Å²) >= 11 is 0.991. The van der Waals surface area contributed by atoms with Crippen molar-refractivity contribution in [3.63, 3.8) is 0 Å². The highest BCUT2D eigenvalue weighted by Crippen LogP contribution is 2.39. The highest BCUT2D eigenvalue weighted by molar-refractivity contribution is 7.91. The second-order valence-corrected chi connectivity index (χ2v) is 8.09. The minimum Gasteiger partial charge on any atom is -0.351 e. The molecule has 5 nitrogen and oxygen atoms in total. The second kappa shape index (κ2) is 4.88. The molecular weight excluding hydrogens is 284 g/mol. The van der Waals surface area contributed by atoms with E-state index in [9.17, 15) is 13.2 Å². The van der Waals surface area contributed by atoms with E-state index in [4.69, 9.17) is 5.14 Å². The van der Waals surface area contributed by atoms with E-state index in [0.717, 1.165) is 24.2 Å². The monoisotopic (exact) mass is 302 g/mol. The van der Waals surface area contributed by atoms with Gasteiger partial charge in [-0.15, -0.1) is 11.3 Å². The lowest BCUT2D eigenvalue weighted by atomic mass is 9.70. The molecule has 7 heteroatoms. The summed E-state index contributed by atoms with van der Waals surface area (Å²) in [7, 11) is -3.74. The molecule has 0 bridgehead atoms. The maximum absolute atomic E-state index is 12.1. The fourth-order valence-corrected chi connectivity index (χ4v) is 4.26. The Morgan fingerprint density at radius 2 is 2.16 bits per heavy atom. The number of hydrogen-bond donors (Lipinski definition) is 2. The van der Waals surface area contributed by atoms with Crippen molar-refractivity contribution in [2.75, 3.05) is 6.54 Å². The lowest BCUT2D eigenvalue weighted by Gasteiger charge is -2.38. The number of amides is 1. The number of rotatable bonds is 4. The van der Waals surface area contributed by atoms with Crippen LogP contribution in [0.5, 0.6) is 0 Å². The molecule has 1 aromatic heterocycles. The summed E-state index contributed by atoms with van der Waals surface area (Å²) in [6.07, 6.45) is 3.45. The molecule has 2 rings (SSSR count). The Balaban J connectivity index is 2.10. The van der Waals surface area contributed by atoms with Gasteiger partial charge < -0.3 is 5.32 Å². The van der Waals surface area contributed by atoms with Crippen molar-refractivity contribution in [1.29, 1.82) is 0 Å². The van der Waals surface area contributed by atoms with Gasteiger partial charge in [-0.2, -0.15) is 0 Å². The van der Waals surface area contributed by atoms with Crippen molar-refractivity contribution >= 4 is 27.3 Å². The van der Waals surface area contributed by atoms with Crippen molar-refractivity contribution in [1.82, 2.24) is 5.32 Å². The molecule has 0 spiro atoms. The van der Waals surface area contributed by atoms with Gasteiger partial charge >= 0.3 is 0 Å². The molecule has 0 radical (unpaired) electrons. The Morgan fingerprint density at radius 1 is 1.53 bits per heavy atom. The van der Waals surface area contributed by atoms with Crippen molar-refractivity contribution in [3.05, 3.63) is 16.5 Å². The fourth-order valence-electron chi connectivity index (χ4n) is 2.25. The molecule has 1 aromatic rings. The van der Waals surface area contributed by atoms with Crippen LogP contribution in [0.4, 0.5) is 0 Å². The number of thiophene rings is 1. The van der Waals surface area contributed by atoms with Gasteiger partial charge in [-0.05, 0) is 30.7 Å². The largest absolute Gasteiger partial charge is 0.351 e. The summed E-state index contributed by atoms with van der Waals surface area (Å²) < 4.78 is 22.7. The summed E-state index contributed by atoms with van der Waals surface area (Å²) in [5.74, 6) is -0.225. The van der Waals surface area contributed by atoms with Crippen LogP contribution in [-0.4, -0.2) is 20.9 Å². The van der Waals surface area contributed by atoms with Crippen molar-refractivity contribution in [3.8, 4) is 0 Å². The summed E-state index contributed by atoms with van der Waals surface area (Å²) in [6.45, 7) is 4.38. The standard InChI is InChI=1S/C12H18N2O3S2/c1-8-9(6-18-11(8)19(13,16)17)10(15)14-7-12(2)4-3-5-12/h6H,3-5,7H2,1-2H3,(H,14,15)(H2,13,16,17). The third kappa shape index (κ3) is 2.98. The van der Waals surface area contributed by atoms with Gasteiger partial charge in [0.2, 0.25) is 10.0 Å². The first-order chi connectivity index (χ1) is 8.73. The van der Waals surface area contributed by atoms with Crippen molar-refractivity contribution in [2.45, 2.75) is 37.3 Å². The molecule has 0 saturated heterocycles. The maximum Gasteiger partial charge on any atom is 0.252 e. The third-order valence-electron chi connectivity index (χ3n) is 3.73. The number of carbonyl (C=O) groups excluding carboxylic acids is 1. The number of carbonyl (C=O) groups is 1. The molecule has 3 N–H and O–H groups in total. The Hall–Kier alpha value is -0.920. The Labute approximate surface area is 117 Å². The zero-order valence-corrected chi connectivity index (χ0v) is 12.7. The predicted octanol–water partition coefficient (Wildman–Crippen LogP) is 1.62. The van der Waals surface area contributed by atoms with E-state index < -0.39 is 10.0 Å². The normalized spacial score (nSPS) is 17.8. The number of nitrogens with two attached hydrogens (primary N) is 1. The minimum atomic E-state index is -3.74. The van der Waals surface area contributed by atoms with E-state index in [0.29, 0.717) is 17.7 Å². The number of sulfonamides is 1. The lowest BCUT2D eigenvalue weighted by Crippen LogP contribution is -2.40. The molecule has 1 heterocycles. The van der Waals surface area contributed by atoms with Crippen LogP contribution < -0.4 is 10.5 Å². The molecule has 0 atom stereocenters. The Morgan fingerprint density at radius 3 is 2.58 bits per heavy atom. The van der Waals surface area contributed by atoms with Crippen LogP contribution in [0.1, 0.15) is 42.1 Å². The molecule has 1 aliphatic rings. The average Bonchev–Trinajstić information content (AvgIpc) is 2.65. The minimum absolute atomic E-state index is 0.0625. The molecule has 1 amide bonds. The highest BCUT2D eigenvalue weighted by Gasteiger charge is 2.32. The van der Waals surface area contributed by atoms with E-state index in [-0.39, 0.29) is 15.5 Å². The molecule has 0 aliphatic heterocycles. The fraction of sp³-hybridized carbons (Fsp3) is 0.583. The number of hydrogen-bond acceptors (Lipinski definition) is 4. The van der Waals surface area contributed by atoms with Gasteiger partial charge in [0.15, 0.2) is 0 Å². The number of primary sulfonamides is 1. The van der Waals surface area contributed by atoms with Crippen LogP contribution in [0.3, 0.4) is 0 Å². The van der Waals surface area contributed by atoms with Crippen LogP contribution in [0.15, 0.2) is 9.59 Å². The first kappa shape index (κ1) is 14.5. The molecule has 0 unspecified atom stereocenters. The predicted molar refractivity (Wildman–Crippen MR) is 74.7 cm³/mol. The van der Waals surface area contributed by atoms with Gasteiger partial charge in [0, 0.05) is 11.9 Å². The van der Waals surface area contributed by atoms with Gasteiger partial charge in [-0.3, -0.25) is 4.79 Å². The zero-order valence-electron chi connectivity index (χ0n) is 11.0. The number of nitrogens with one attached hydrogen (secondary N) is 1. The van der Waals surface area contributed by atoms with E-state index in [1.54, 1.807) is 12.3 Å². The SMILES string of the molecule is Cc1c(C(=O)NCC2(C)CCC2)csc1S(N)(=O)=O. The highest BCUT2D eigenvalue weighted by atomic mass is 32.2. The molecular formula is C12H18N2O3S2. The molecule has 106 valence electrons. The topological polar surface area (TPSA) is 89.3 Å². The van der Waals surface area contributed by atoms with Crippen LogP contribution >= 0.6 is 11.3 Å². The van der Waals surface area contributed by atoms with E-state index in [2.05, 4.69) is 12.2 Å². The van der Waals surface area contributed by atoms with Crippen LogP contribution in [0, 0.1) is 12.3 Å². The first-order valence-corrected chi connectivity index (χ1v) is 8.55. The molecule has 0 aromatic carbocycles. The zero-order chi connectivity index (χ0) is 14.3. The van der Waals surface area contributed by atoms with Gasteiger partial charge in [0.05, 0.1) is 5.56 Å². The van der Waals surface area contributed by atoms with E-state index >= 15 is 0 Å². The smallest absolute Gasteiger partial charge is 0.252 e. The summed E-state index contributed by atoms with van der Waals surface area (Å²) in [6, 6.07) is 0. The van der Waals surface area contributed by atoms with Crippen molar-refractivity contribution in [2.24, 2.45) is 10.6 Å². The maximum atomic E-state index is 12.1. The van der Waals surface area contributed by atoms with E-state index in [1.807, 2.05) is 0 Å². The summed E-state index contributed by atoms with van der Waals surface area (Å²) in [5, 5.41) is 9.52. The molecule has 1 fully saturated rings.